The Bertz CT molecular complexity index is 602. The van der Waals surface area contributed by atoms with Crippen molar-refractivity contribution in [1.29, 1.82) is 0 Å². The average Bonchev–Trinajstić information content (AvgIpc) is 3.17. The van der Waals surface area contributed by atoms with Crippen molar-refractivity contribution in [3.63, 3.8) is 0 Å². The van der Waals surface area contributed by atoms with Crippen LogP contribution in [0.1, 0.15) is 50.0 Å². The molecular weight excluding hydrogens is 445 g/mol. The van der Waals surface area contributed by atoms with Crippen LogP contribution in [0.3, 0.4) is 0 Å². The molecular formula is C18H32IN5O2. The van der Waals surface area contributed by atoms with Gasteiger partial charge in [-0.1, -0.05) is 12.8 Å². The highest BCUT2D eigenvalue weighted by molar-refractivity contribution is 14.0. The Kier molecular flexibility index (Phi) is 8.85. The normalized spacial score (nSPS) is 16.1. The minimum atomic E-state index is -0.324. The smallest absolute Gasteiger partial charge is 0.230 e. The topological polar surface area (TPSA) is 82.8 Å². The maximum atomic E-state index is 12.7. The Morgan fingerprint density at radius 2 is 1.92 bits per heavy atom. The lowest BCUT2D eigenvalue weighted by molar-refractivity contribution is -0.138. The third-order valence-corrected chi connectivity index (χ3v) is 4.80. The molecule has 1 heterocycles. The Labute approximate surface area is 173 Å². The minimum absolute atomic E-state index is 0. The number of aliphatic imine (C=N–C) groups is 1. The van der Waals surface area contributed by atoms with Gasteiger partial charge in [0.25, 0.3) is 0 Å². The van der Waals surface area contributed by atoms with Crippen molar-refractivity contribution in [2.24, 2.45) is 10.4 Å². The van der Waals surface area contributed by atoms with E-state index in [1.807, 2.05) is 34.9 Å². The molecule has 1 aromatic heterocycles. The van der Waals surface area contributed by atoms with Gasteiger partial charge in [-0.3, -0.25) is 4.79 Å². The first-order valence-corrected chi connectivity index (χ1v) is 9.05. The van der Waals surface area contributed by atoms with Gasteiger partial charge in [0.05, 0.1) is 11.1 Å². The molecule has 1 aromatic rings. The largest absolute Gasteiger partial charge is 0.444 e. The third kappa shape index (κ3) is 5.59. The summed E-state index contributed by atoms with van der Waals surface area (Å²) >= 11 is 0. The quantitative estimate of drug-likeness (QED) is 0.374. The van der Waals surface area contributed by atoms with Crippen molar-refractivity contribution in [1.82, 2.24) is 20.5 Å². The molecule has 8 heteroatoms. The van der Waals surface area contributed by atoms with Gasteiger partial charge in [0.1, 0.15) is 12.3 Å². The molecule has 0 saturated heterocycles. The average molecular weight is 477 g/mol. The van der Waals surface area contributed by atoms with Crippen LogP contribution in [0.5, 0.6) is 0 Å². The van der Waals surface area contributed by atoms with Crippen LogP contribution in [0.2, 0.25) is 0 Å². The van der Waals surface area contributed by atoms with Crippen molar-refractivity contribution in [3.8, 4) is 0 Å². The summed E-state index contributed by atoms with van der Waals surface area (Å²) in [6.45, 7) is 7.57. The second kappa shape index (κ2) is 10.1. The van der Waals surface area contributed by atoms with Gasteiger partial charge in [-0.25, -0.2) is 9.98 Å². The Balaban J connectivity index is 0.00000338. The minimum Gasteiger partial charge on any atom is -0.444 e. The van der Waals surface area contributed by atoms with Crippen molar-refractivity contribution in [2.45, 2.75) is 53.0 Å². The fourth-order valence-electron chi connectivity index (χ4n) is 3.34. The molecule has 1 fully saturated rings. The molecule has 7 nitrogen and oxygen atoms in total. The van der Waals surface area contributed by atoms with Crippen molar-refractivity contribution in [3.05, 3.63) is 17.3 Å². The summed E-state index contributed by atoms with van der Waals surface area (Å²) in [5.74, 6) is 2.32. The molecule has 0 atom stereocenters. The van der Waals surface area contributed by atoms with Crippen LogP contribution >= 0.6 is 24.0 Å². The molecule has 1 aliphatic carbocycles. The number of hydrogen-bond donors (Lipinski definition) is 2. The van der Waals surface area contributed by atoms with Gasteiger partial charge in [0.15, 0.2) is 5.96 Å². The number of carbonyl (C=O) groups is 1. The summed E-state index contributed by atoms with van der Waals surface area (Å²) in [5, 5.41) is 6.58. The molecule has 1 aliphatic rings. The third-order valence-electron chi connectivity index (χ3n) is 4.80. The first kappa shape index (κ1) is 22.7. The number of nitrogens with zero attached hydrogens (tertiary/aromatic N) is 3. The number of aromatic nitrogens is 1. The van der Waals surface area contributed by atoms with Gasteiger partial charge in [-0.15, -0.1) is 24.0 Å². The van der Waals surface area contributed by atoms with E-state index in [0.717, 1.165) is 43.7 Å². The second-order valence-electron chi connectivity index (χ2n) is 6.98. The first-order valence-electron chi connectivity index (χ1n) is 9.05. The summed E-state index contributed by atoms with van der Waals surface area (Å²) in [5.41, 5.74) is 0.570. The fourth-order valence-corrected chi connectivity index (χ4v) is 3.34. The summed E-state index contributed by atoms with van der Waals surface area (Å²) in [7, 11) is 3.66. The van der Waals surface area contributed by atoms with E-state index < -0.39 is 0 Å². The number of oxazole rings is 1. The Morgan fingerprint density at radius 1 is 1.27 bits per heavy atom. The molecule has 0 spiro atoms. The lowest BCUT2D eigenvalue weighted by Gasteiger charge is -2.31. The highest BCUT2D eigenvalue weighted by Gasteiger charge is 2.42. The zero-order valence-electron chi connectivity index (χ0n) is 16.5. The highest BCUT2D eigenvalue weighted by atomic mass is 127. The number of carbonyl (C=O) groups excluding carboxylic acids is 1. The lowest BCUT2D eigenvalue weighted by Crippen LogP contribution is -2.49. The molecule has 1 saturated carbocycles. The summed E-state index contributed by atoms with van der Waals surface area (Å²) in [4.78, 5) is 23.3. The van der Waals surface area contributed by atoms with Crippen molar-refractivity contribution < 1.29 is 9.21 Å². The van der Waals surface area contributed by atoms with Crippen LogP contribution in [0.15, 0.2) is 9.41 Å². The number of guanidine groups is 1. The fraction of sp³-hybridized carbons (Fsp3) is 0.722. The van der Waals surface area contributed by atoms with Crippen LogP contribution in [-0.4, -0.2) is 48.9 Å². The standard InChI is InChI=1S/C18H31N5O2.HI/c1-6-19-17(20-11-15-22-13(2)14(3)25-15)21-12-18(9-7-8-10-18)16(24)23(4)5;/h6-12H2,1-5H3,(H2,19,20,21);1H. The number of hydrogen-bond acceptors (Lipinski definition) is 4. The van der Waals surface area contributed by atoms with Gasteiger partial charge < -0.3 is 20.0 Å². The number of nitrogens with one attached hydrogen (secondary N) is 2. The van der Waals surface area contributed by atoms with E-state index in [4.69, 9.17) is 4.42 Å². The molecule has 0 aromatic carbocycles. The predicted octanol–water partition coefficient (Wildman–Crippen LogP) is 2.61. The number of aryl methyl sites for hydroxylation is 2. The molecule has 26 heavy (non-hydrogen) atoms. The number of halogens is 1. The van der Waals surface area contributed by atoms with E-state index in [2.05, 4.69) is 20.6 Å². The molecule has 1 amide bonds. The lowest BCUT2D eigenvalue weighted by atomic mass is 9.84. The molecule has 0 bridgehead atoms. The number of rotatable bonds is 6. The molecule has 0 unspecified atom stereocenters. The van der Waals surface area contributed by atoms with E-state index in [1.165, 1.54) is 0 Å². The van der Waals surface area contributed by atoms with Crippen LogP contribution in [0.25, 0.3) is 0 Å². The van der Waals surface area contributed by atoms with Gasteiger partial charge in [-0.05, 0) is 33.6 Å². The van der Waals surface area contributed by atoms with Crippen LogP contribution in [0, 0.1) is 19.3 Å². The van der Waals surface area contributed by atoms with E-state index in [-0.39, 0.29) is 35.3 Å². The second-order valence-corrected chi connectivity index (χ2v) is 6.98. The Morgan fingerprint density at radius 3 is 2.42 bits per heavy atom. The summed E-state index contributed by atoms with van der Waals surface area (Å²) in [6, 6.07) is 0. The van der Waals surface area contributed by atoms with E-state index in [1.54, 1.807) is 4.90 Å². The molecule has 2 N–H and O–H groups in total. The van der Waals surface area contributed by atoms with E-state index >= 15 is 0 Å². The maximum Gasteiger partial charge on any atom is 0.230 e. The highest BCUT2D eigenvalue weighted by Crippen LogP contribution is 2.38. The number of amides is 1. The van der Waals surface area contributed by atoms with Crippen molar-refractivity contribution in [2.75, 3.05) is 27.2 Å². The molecule has 2 rings (SSSR count). The first-order chi connectivity index (χ1) is 11.9. The Hall–Kier alpha value is -1.32. The van der Waals surface area contributed by atoms with Gasteiger partial charge >= 0.3 is 0 Å². The molecule has 0 radical (unpaired) electrons. The van der Waals surface area contributed by atoms with Crippen molar-refractivity contribution >= 4 is 35.8 Å². The van der Waals surface area contributed by atoms with Gasteiger partial charge in [0.2, 0.25) is 11.8 Å². The monoisotopic (exact) mass is 477 g/mol. The molecule has 0 aliphatic heterocycles. The molecule has 148 valence electrons. The SMILES string of the molecule is CCNC(=NCc1nc(C)c(C)o1)NCC1(C(=O)N(C)C)CCCC1.I. The van der Waals surface area contributed by atoms with E-state index in [0.29, 0.717) is 24.9 Å². The van der Waals surface area contributed by atoms with Crippen LogP contribution in [-0.2, 0) is 11.3 Å². The van der Waals surface area contributed by atoms with E-state index in [9.17, 15) is 4.79 Å². The van der Waals surface area contributed by atoms with Gasteiger partial charge in [0, 0.05) is 27.2 Å². The summed E-state index contributed by atoms with van der Waals surface area (Å²) < 4.78 is 5.58. The zero-order chi connectivity index (χ0) is 18.4. The van der Waals surface area contributed by atoms with Crippen LogP contribution < -0.4 is 10.6 Å². The van der Waals surface area contributed by atoms with Crippen LogP contribution in [0.4, 0.5) is 0 Å². The summed E-state index contributed by atoms with van der Waals surface area (Å²) in [6.07, 6.45) is 4.05. The zero-order valence-corrected chi connectivity index (χ0v) is 18.8. The maximum absolute atomic E-state index is 12.7. The predicted molar refractivity (Wildman–Crippen MR) is 114 cm³/mol. The van der Waals surface area contributed by atoms with Gasteiger partial charge in [-0.2, -0.15) is 0 Å².